The molecule has 31 heavy (non-hydrogen) atoms. The molecule has 0 radical (unpaired) electrons. The molecule has 0 aliphatic carbocycles. The number of rotatable bonds is 10. The number of halogens is 1. The third-order valence-electron chi connectivity index (χ3n) is 5.11. The maximum Gasteiger partial charge on any atom is 0.245 e. The van der Waals surface area contributed by atoms with Gasteiger partial charge in [-0.2, -0.15) is 0 Å². The Morgan fingerprint density at radius 3 is 2.26 bits per heavy atom. The third-order valence-corrected chi connectivity index (χ3v) is 5.56. The fourth-order valence-electron chi connectivity index (χ4n) is 3.19. The molecule has 0 fully saturated rings. The molecule has 168 valence electrons. The predicted molar refractivity (Wildman–Crippen MR) is 123 cm³/mol. The second-order valence-electron chi connectivity index (χ2n) is 7.70. The number of ether oxygens (including phenoxy) is 2. The first kappa shape index (κ1) is 24.5. The van der Waals surface area contributed by atoms with Crippen molar-refractivity contribution in [2.24, 2.45) is 5.92 Å². The minimum absolute atomic E-state index is 0.0837. The lowest BCUT2D eigenvalue weighted by Crippen LogP contribution is -2.51. The highest BCUT2D eigenvalue weighted by Gasteiger charge is 2.29. The number of alkyl halides is 1. The molecule has 2 amide bonds. The van der Waals surface area contributed by atoms with E-state index in [1.165, 1.54) is 0 Å². The summed E-state index contributed by atoms with van der Waals surface area (Å²) < 4.78 is 10.6. The second-order valence-corrected chi connectivity index (χ2v) is 8.14. The average molecular weight is 447 g/mol. The van der Waals surface area contributed by atoms with Crippen LogP contribution < -0.4 is 14.8 Å². The van der Waals surface area contributed by atoms with Crippen LogP contribution in [0.3, 0.4) is 0 Å². The summed E-state index contributed by atoms with van der Waals surface area (Å²) in [5.74, 6) is 0.691. The molecular formula is C24H31ClN2O4. The van der Waals surface area contributed by atoms with E-state index in [0.29, 0.717) is 30.0 Å². The minimum Gasteiger partial charge on any atom is -0.493 e. The maximum atomic E-state index is 13.0. The first-order valence-electron chi connectivity index (χ1n) is 10.2. The summed E-state index contributed by atoms with van der Waals surface area (Å²) in [6.07, 6.45) is 0.642. The Hall–Kier alpha value is -2.73. The van der Waals surface area contributed by atoms with Gasteiger partial charge in [0.05, 0.1) is 14.2 Å². The Bertz CT molecular complexity index is 873. The summed E-state index contributed by atoms with van der Waals surface area (Å²) in [5.41, 5.74) is 1.71. The fraction of sp³-hybridized carbons (Fsp3) is 0.417. The molecule has 0 bridgehead atoms. The number of hydrogen-bond acceptors (Lipinski definition) is 4. The number of methoxy groups -OCH3 is 2. The van der Waals surface area contributed by atoms with Crippen molar-refractivity contribution < 1.29 is 19.1 Å². The summed E-state index contributed by atoms with van der Waals surface area (Å²) in [6.45, 7) is 4.30. The molecule has 2 unspecified atom stereocenters. The van der Waals surface area contributed by atoms with Crippen LogP contribution in [-0.2, 0) is 16.0 Å². The molecular weight excluding hydrogens is 416 g/mol. The van der Waals surface area contributed by atoms with Crippen LogP contribution in [0.1, 0.15) is 30.4 Å². The molecule has 0 saturated carbocycles. The van der Waals surface area contributed by atoms with E-state index in [2.05, 4.69) is 5.32 Å². The third kappa shape index (κ3) is 6.62. The minimum atomic E-state index is -0.854. The Labute approximate surface area is 189 Å². The van der Waals surface area contributed by atoms with Crippen molar-refractivity contribution in [3.8, 4) is 11.5 Å². The smallest absolute Gasteiger partial charge is 0.245 e. The van der Waals surface area contributed by atoms with Crippen molar-refractivity contribution in [3.63, 3.8) is 0 Å². The molecule has 0 heterocycles. The topological polar surface area (TPSA) is 67.9 Å². The molecule has 0 saturated heterocycles. The predicted octanol–water partition coefficient (Wildman–Crippen LogP) is 3.83. The van der Waals surface area contributed by atoms with Crippen LogP contribution >= 0.6 is 11.6 Å². The maximum absolute atomic E-state index is 13.0. The molecule has 2 aromatic carbocycles. The fourth-order valence-corrected chi connectivity index (χ4v) is 3.40. The number of hydrogen-bond donors (Lipinski definition) is 1. The molecule has 2 aromatic rings. The van der Waals surface area contributed by atoms with Crippen molar-refractivity contribution >= 4 is 23.4 Å². The molecule has 7 heteroatoms. The standard InChI is InChI=1S/C24H31ClN2O4/c1-16(2)22(26-23(28)21(25)18-9-7-6-8-10-18)24(29)27(3)14-13-17-11-12-19(30-4)20(15-17)31-5/h6-12,15-16,21-22H,13-14H2,1-5H3,(H,26,28). The zero-order chi connectivity index (χ0) is 23.0. The second kappa shape index (κ2) is 11.6. The van der Waals surface area contributed by atoms with Gasteiger partial charge in [0.1, 0.15) is 11.4 Å². The summed E-state index contributed by atoms with van der Waals surface area (Å²) in [5, 5.41) is 1.97. The largest absolute Gasteiger partial charge is 0.493 e. The summed E-state index contributed by atoms with van der Waals surface area (Å²) in [4.78, 5) is 27.3. The number of carbonyl (C=O) groups excluding carboxylic acids is 2. The quantitative estimate of drug-likeness (QED) is 0.563. The van der Waals surface area contributed by atoms with Crippen LogP contribution in [0.15, 0.2) is 48.5 Å². The molecule has 0 aromatic heterocycles. The van der Waals surface area contributed by atoms with Crippen LogP contribution in [0.2, 0.25) is 0 Å². The zero-order valence-corrected chi connectivity index (χ0v) is 19.5. The first-order chi connectivity index (χ1) is 14.8. The van der Waals surface area contributed by atoms with E-state index in [9.17, 15) is 9.59 Å². The Morgan fingerprint density at radius 1 is 1.03 bits per heavy atom. The zero-order valence-electron chi connectivity index (χ0n) is 18.7. The van der Waals surface area contributed by atoms with Gasteiger partial charge < -0.3 is 19.7 Å². The van der Waals surface area contributed by atoms with Gasteiger partial charge in [-0.15, -0.1) is 11.6 Å². The molecule has 0 aliphatic rings. The van der Waals surface area contributed by atoms with Crippen molar-refractivity contribution in [3.05, 3.63) is 59.7 Å². The lowest BCUT2D eigenvalue weighted by molar-refractivity contribution is -0.136. The van der Waals surface area contributed by atoms with E-state index in [4.69, 9.17) is 21.1 Å². The van der Waals surface area contributed by atoms with Crippen LogP contribution in [0.5, 0.6) is 11.5 Å². The SMILES string of the molecule is COc1ccc(CCN(C)C(=O)C(NC(=O)C(Cl)c2ccccc2)C(C)C)cc1OC. The van der Waals surface area contributed by atoms with Crippen LogP contribution in [0, 0.1) is 5.92 Å². The van der Waals surface area contributed by atoms with Gasteiger partial charge in [0.2, 0.25) is 11.8 Å². The van der Waals surface area contributed by atoms with Crippen molar-refractivity contribution in [1.82, 2.24) is 10.2 Å². The van der Waals surface area contributed by atoms with E-state index in [0.717, 1.165) is 5.56 Å². The van der Waals surface area contributed by atoms with E-state index in [1.807, 2.05) is 50.2 Å². The van der Waals surface area contributed by atoms with Gasteiger partial charge in [0, 0.05) is 13.6 Å². The van der Waals surface area contributed by atoms with Gasteiger partial charge in [-0.1, -0.05) is 50.2 Å². The van der Waals surface area contributed by atoms with Crippen LogP contribution in [-0.4, -0.2) is 50.6 Å². The first-order valence-corrected chi connectivity index (χ1v) is 10.7. The van der Waals surface area contributed by atoms with Crippen LogP contribution in [0.25, 0.3) is 0 Å². The van der Waals surface area contributed by atoms with Crippen molar-refractivity contribution in [2.75, 3.05) is 27.8 Å². The van der Waals surface area contributed by atoms with Gasteiger partial charge in [0.15, 0.2) is 11.5 Å². The number of nitrogens with zero attached hydrogens (tertiary/aromatic N) is 1. The molecule has 1 N–H and O–H groups in total. The monoisotopic (exact) mass is 446 g/mol. The molecule has 6 nitrogen and oxygen atoms in total. The number of nitrogens with one attached hydrogen (secondary N) is 1. The van der Waals surface area contributed by atoms with Crippen molar-refractivity contribution in [2.45, 2.75) is 31.7 Å². The summed E-state index contributed by atoms with van der Waals surface area (Å²) >= 11 is 6.33. The van der Waals surface area contributed by atoms with E-state index in [1.54, 1.807) is 38.3 Å². The van der Waals surface area contributed by atoms with Gasteiger partial charge in [-0.25, -0.2) is 0 Å². The van der Waals surface area contributed by atoms with Gasteiger partial charge in [-0.3, -0.25) is 9.59 Å². The van der Waals surface area contributed by atoms with E-state index in [-0.39, 0.29) is 17.7 Å². The summed E-state index contributed by atoms with van der Waals surface area (Å²) in [6, 6.07) is 14.1. The Kier molecular flexibility index (Phi) is 9.19. The Morgan fingerprint density at radius 2 is 1.68 bits per heavy atom. The lowest BCUT2D eigenvalue weighted by Gasteiger charge is -2.28. The van der Waals surface area contributed by atoms with Gasteiger partial charge in [0.25, 0.3) is 0 Å². The molecule has 0 spiro atoms. The normalized spacial score (nSPS) is 12.7. The number of carbonyl (C=O) groups is 2. The molecule has 0 aliphatic heterocycles. The van der Waals surface area contributed by atoms with E-state index >= 15 is 0 Å². The summed E-state index contributed by atoms with van der Waals surface area (Å²) in [7, 11) is 4.92. The number of amides is 2. The molecule has 2 atom stereocenters. The van der Waals surface area contributed by atoms with Gasteiger partial charge >= 0.3 is 0 Å². The highest BCUT2D eigenvalue weighted by atomic mass is 35.5. The number of likely N-dealkylation sites (N-methyl/N-ethyl adjacent to an activating group) is 1. The Balaban J connectivity index is 2.01. The lowest BCUT2D eigenvalue weighted by atomic mass is 10.0. The molecule has 2 rings (SSSR count). The highest BCUT2D eigenvalue weighted by Crippen LogP contribution is 2.27. The number of benzene rings is 2. The van der Waals surface area contributed by atoms with Gasteiger partial charge in [-0.05, 0) is 35.6 Å². The highest BCUT2D eigenvalue weighted by molar-refractivity contribution is 6.30. The van der Waals surface area contributed by atoms with E-state index < -0.39 is 11.4 Å². The average Bonchev–Trinajstić information content (AvgIpc) is 2.79. The van der Waals surface area contributed by atoms with Crippen molar-refractivity contribution in [1.29, 1.82) is 0 Å². The van der Waals surface area contributed by atoms with Crippen LogP contribution in [0.4, 0.5) is 0 Å².